The summed E-state index contributed by atoms with van der Waals surface area (Å²) in [6.07, 6.45) is 3.92. The minimum absolute atomic E-state index is 0.155. The molecule has 2 amide bonds. The Morgan fingerprint density at radius 2 is 2.07 bits per heavy atom. The van der Waals surface area contributed by atoms with Crippen LogP contribution in [-0.2, 0) is 22.1 Å². The van der Waals surface area contributed by atoms with Crippen molar-refractivity contribution in [3.05, 3.63) is 59.9 Å². The molecule has 1 aromatic heterocycles. The number of hydrogen-bond donors (Lipinski definition) is 1. The average Bonchev–Trinajstić information content (AvgIpc) is 3.19. The fraction of sp³-hybridized carbons (Fsp3) is 0.368. The average molecular weight is 386 g/mol. The number of urea groups is 1. The van der Waals surface area contributed by atoms with Crippen molar-refractivity contribution in [1.82, 2.24) is 19.5 Å². The predicted molar refractivity (Wildman–Crippen MR) is 100 cm³/mol. The summed E-state index contributed by atoms with van der Waals surface area (Å²) in [5, 5.41) is 2.81. The zero-order chi connectivity index (χ0) is 19.1. The van der Waals surface area contributed by atoms with E-state index < -0.39 is 15.6 Å². The number of nitrogens with one attached hydrogen (secondary N) is 1. The summed E-state index contributed by atoms with van der Waals surface area (Å²) in [6, 6.07) is 10.6. The summed E-state index contributed by atoms with van der Waals surface area (Å²) >= 11 is 0. The molecule has 1 aromatic carbocycles. The van der Waals surface area contributed by atoms with Gasteiger partial charge >= 0.3 is 6.03 Å². The highest BCUT2D eigenvalue weighted by Crippen LogP contribution is 2.49. The smallest absolute Gasteiger partial charge is 0.317 e. The van der Waals surface area contributed by atoms with E-state index in [4.69, 9.17) is 0 Å². The van der Waals surface area contributed by atoms with E-state index >= 15 is 0 Å². The lowest BCUT2D eigenvalue weighted by atomic mass is 9.88. The predicted octanol–water partition coefficient (Wildman–Crippen LogP) is 1.92. The maximum atomic E-state index is 13.3. The van der Waals surface area contributed by atoms with Crippen LogP contribution in [0.25, 0.3) is 0 Å². The highest BCUT2D eigenvalue weighted by Gasteiger charge is 2.57. The van der Waals surface area contributed by atoms with Crippen LogP contribution >= 0.6 is 0 Å². The molecule has 1 saturated heterocycles. The van der Waals surface area contributed by atoms with Crippen molar-refractivity contribution in [1.29, 1.82) is 0 Å². The molecule has 2 aromatic rings. The van der Waals surface area contributed by atoms with Crippen LogP contribution < -0.4 is 5.32 Å². The van der Waals surface area contributed by atoms with Crippen molar-refractivity contribution in [2.24, 2.45) is 0 Å². The standard InChI is InChI=1S/C19H22N4O3S/c1-2-21-18(24)22-11-9-19(14-22)16-7-3-4-8-17(16)27(25,26)23(19)13-15-6-5-10-20-12-15/h3-8,10,12H,2,9,11,13-14H2,1H3,(H,21,24). The van der Waals surface area contributed by atoms with Crippen molar-refractivity contribution in [2.45, 2.75) is 30.3 Å². The van der Waals surface area contributed by atoms with Gasteiger partial charge in [0.1, 0.15) is 0 Å². The van der Waals surface area contributed by atoms with Gasteiger partial charge in [-0.05, 0) is 36.6 Å². The van der Waals surface area contributed by atoms with Crippen molar-refractivity contribution in [3.8, 4) is 0 Å². The van der Waals surface area contributed by atoms with Gasteiger partial charge in [0.15, 0.2) is 0 Å². The maximum absolute atomic E-state index is 13.3. The number of sulfonamides is 1. The molecule has 142 valence electrons. The first-order chi connectivity index (χ1) is 13.0. The Morgan fingerprint density at radius 3 is 2.81 bits per heavy atom. The lowest BCUT2D eigenvalue weighted by molar-refractivity contribution is 0.178. The van der Waals surface area contributed by atoms with Gasteiger partial charge in [-0.25, -0.2) is 13.2 Å². The third-order valence-corrected chi connectivity index (χ3v) is 7.32. The van der Waals surface area contributed by atoms with E-state index in [9.17, 15) is 13.2 Å². The van der Waals surface area contributed by atoms with Crippen molar-refractivity contribution < 1.29 is 13.2 Å². The molecule has 0 bridgehead atoms. The van der Waals surface area contributed by atoms with E-state index in [2.05, 4.69) is 10.3 Å². The molecule has 3 heterocycles. The van der Waals surface area contributed by atoms with Gasteiger partial charge < -0.3 is 10.2 Å². The second kappa shape index (κ2) is 6.61. The SMILES string of the molecule is CCNC(=O)N1CCC2(C1)c1ccccc1S(=O)(=O)N2Cc1cccnc1. The molecule has 2 aliphatic heterocycles. The van der Waals surface area contributed by atoms with Gasteiger partial charge in [-0.2, -0.15) is 4.31 Å². The molecule has 7 nitrogen and oxygen atoms in total. The van der Waals surface area contributed by atoms with Crippen LogP contribution in [0.4, 0.5) is 4.79 Å². The molecule has 4 rings (SSSR count). The molecule has 1 atom stereocenters. The van der Waals surface area contributed by atoms with Crippen LogP contribution in [0, 0.1) is 0 Å². The quantitative estimate of drug-likeness (QED) is 0.874. The molecule has 1 fully saturated rings. The Hall–Kier alpha value is -2.45. The molecule has 2 aliphatic rings. The normalized spacial score (nSPS) is 23.5. The number of pyridine rings is 1. The highest BCUT2D eigenvalue weighted by molar-refractivity contribution is 7.89. The summed E-state index contributed by atoms with van der Waals surface area (Å²) in [5.41, 5.74) is 0.862. The van der Waals surface area contributed by atoms with E-state index in [1.807, 2.05) is 25.1 Å². The number of benzene rings is 1. The number of hydrogen-bond acceptors (Lipinski definition) is 4. The molecule has 0 saturated carbocycles. The Bertz CT molecular complexity index is 964. The minimum atomic E-state index is -3.65. The maximum Gasteiger partial charge on any atom is 0.317 e. The second-order valence-electron chi connectivity index (χ2n) is 6.91. The van der Waals surface area contributed by atoms with Gasteiger partial charge in [-0.1, -0.05) is 24.3 Å². The number of nitrogens with zero attached hydrogens (tertiary/aromatic N) is 3. The van der Waals surface area contributed by atoms with Crippen molar-refractivity contribution in [3.63, 3.8) is 0 Å². The monoisotopic (exact) mass is 386 g/mol. The van der Waals surface area contributed by atoms with Crippen LogP contribution in [0.3, 0.4) is 0 Å². The molecule has 1 N–H and O–H groups in total. The summed E-state index contributed by atoms with van der Waals surface area (Å²) in [6.45, 7) is 3.49. The molecule has 1 spiro atoms. The lowest BCUT2D eigenvalue weighted by Crippen LogP contribution is -2.47. The van der Waals surface area contributed by atoms with E-state index in [0.29, 0.717) is 31.0 Å². The van der Waals surface area contributed by atoms with Gasteiger partial charge in [-0.3, -0.25) is 4.98 Å². The van der Waals surface area contributed by atoms with E-state index in [-0.39, 0.29) is 12.6 Å². The fourth-order valence-corrected chi connectivity index (χ4v) is 6.16. The molecule has 0 aliphatic carbocycles. The van der Waals surface area contributed by atoms with Gasteiger partial charge in [0.25, 0.3) is 0 Å². The molecule has 27 heavy (non-hydrogen) atoms. The van der Waals surface area contributed by atoms with E-state index in [1.165, 1.54) is 0 Å². The summed E-state index contributed by atoms with van der Waals surface area (Å²) in [5.74, 6) is 0. The number of likely N-dealkylation sites (tertiary alicyclic amines) is 1. The van der Waals surface area contributed by atoms with E-state index in [0.717, 1.165) is 11.1 Å². The Kier molecular flexibility index (Phi) is 4.39. The number of rotatable bonds is 3. The number of amides is 2. The van der Waals surface area contributed by atoms with Crippen LogP contribution in [0.15, 0.2) is 53.7 Å². The Labute approximate surface area is 159 Å². The van der Waals surface area contributed by atoms with Gasteiger partial charge in [0.05, 0.1) is 10.4 Å². The summed E-state index contributed by atoms with van der Waals surface area (Å²) in [4.78, 5) is 18.5. The molecular weight excluding hydrogens is 364 g/mol. The number of aromatic nitrogens is 1. The molecule has 0 radical (unpaired) electrons. The Morgan fingerprint density at radius 1 is 1.26 bits per heavy atom. The molecule has 8 heteroatoms. The van der Waals surface area contributed by atoms with Crippen LogP contribution in [0.1, 0.15) is 24.5 Å². The fourth-order valence-electron chi connectivity index (χ4n) is 4.11. The number of carbonyl (C=O) groups excluding carboxylic acids is 1. The van der Waals surface area contributed by atoms with Crippen molar-refractivity contribution >= 4 is 16.1 Å². The van der Waals surface area contributed by atoms with Crippen LogP contribution in [0.2, 0.25) is 0 Å². The van der Waals surface area contributed by atoms with Crippen molar-refractivity contribution in [2.75, 3.05) is 19.6 Å². The highest BCUT2D eigenvalue weighted by atomic mass is 32.2. The summed E-state index contributed by atoms with van der Waals surface area (Å²) < 4.78 is 28.2. The van der Waals surface area contributed by atoms with Gasteiger partial charge in [0, 0.05) is 38.6 Å². The zero-order valence-electron chi connectivity index (χ0n) is 15.1. The largest absolute Gasteiger partial charge is 0.338 e. The molecule has 1 unspecified atom stereocenters. The third kappa shape index (κ3) is 2.80. The first-order valence-corrected chi connectivity index (χ1v) is 10.5. The lowest BCUT2D eigenvalue weighted by Gasteiger charge is -2.34. The number of carbonyl (C=O) groups is 1. The second-order valence-corrected chi connectivity index (χ2v) is 8.74. The first-order valence-electron chi connectivity index (χ1n) is 9.03. The van der Waals surface area contributed by atoms with Crippen LogP contribution in [0.5, 0.6) is 0 Å². The number of fused-ring (bicyclic) bond motifs is 2. The Balaban J connectivity index is 1.78. The van der Waals surface area contributed by atoms with E-state index in [1.54, 1.807) is 39.8 Å². The first kappa shape index (κ1) is 17.9. The summed E-state index contributed by atoms with van der Waals surface area (Å²) in [7, 11) is -3.65. The molecular formula is C19H22N4O3S. The third-order valence-electron chi connectivity index (χ3n) is 5.35. The minimum Gasteiger partial charge on any atom is -0.338 e. The van der Waals surface area contributed by atoms with Crippen LogP contribution in [-0.4, -0.2) is 48.3 Å². The van der Waals surface area contributed by atoms with Gasteiger partial charge in [0.2, 0.25) is 10.0 Å². The topological polar surface area (TPSA) is 82.6 Å². The van der Waals surface area contributed by atoms with Gasteiger partial charge in [-0.15, -0.1) is 0 Å². The zero-order valence-corrected chi connectivity index (χ0v) is 15.9.